The molecule has 0 aliphatic heterocycles. The van der Waals surface area contributed by atoms with Gasteiger partial charge in [0.05, 0.1) is 29.2 Å². The van der Waals surface area contributed by atoms with Crippen molar-refractivity contribution < 1.29 is 20.1 Å². The zero-order chi connectivity index (χ0) is 16.6. The van der Waals surface area contributed by atoms with Gasteiger partial charge in [-0.15, -0.1) is 0 Å². The number of rotatable bonds is 4. The molecule has 1 aromatic rings. The van der Waals surface area contributed by atoms with Crippen LogP contribution in [0.4, 0.5) is 0 Å². The van der Waals surface area contributed by atoms with Crippen LogP contribution in [0.5, 0.6) is 0 Å². The summed E-state index contributed by atoms with van der Waals surface area (Å²) in [7, 11) is 0. The summed E-state index contributed by atoms with van der Waals surface area (Å²) in [4.78, 5) is 12.7. The molecule has 2 saturated carbocycles. The van der Waals surface area contributed by atoms with Crippen LogP contribution in [-0.4, -0.2) is 46.1 Å². The van der Waals surface area contributed by atoms with Gasteiger partial charge in [-0.25, -0.2) is 0 Å². The smallest absolute Gasteiger partial charge is 0.230 e. The third-order valence-corrected chi connectivity index (χ3v) is 5.10. The maximum atomic E-state index is 12.7. The fraction of sp³-hybridized carbons (Fsp3) is 0.529. The molecule has 2 aliphatic rings. The molecule has 0 spiro atoms. The highest BCUT2D eigenvalue weighted by molar-refractivity contribution is 5.91. The largest absolute Gasteiger partial charge is 0.396 e. The van der Waals surface area contributed by atoms with Gasteiger partial charge in [-0.3, -0.25) is 4.79 Å². The summed E-state index contributed by atoms with van der Waals surface area (Å²) >= 11 is 0. The van der Waals surface area contributed by atoms with E-state index in [1.165, 1.54) is 0 Å². The van der Waals surface area contributed by atoms with E-state index >= 15 is 0 Å². The van der Waals surface area contributed by atoms with Crippen molar-refractivity contribution in [3.05, 3.63) is 35.4 Å². The van der Waals surface area contributed by atoms with Gasteiger partial charge in [0.1, 0.15) is 6.10 Å². The number of carbonyl (C=O) groups excluding carboxylic acids is 1. The molecule has 0 heterocycles. The molecule has 0 bridgehead atoms. The van der Waals surface area contributed by atoms with Crippen molar-refractivity contribution >= 4 is 5.91 Å². The predicted molar refractivity (Wildman–Crippen MR) is 81.2 cm³/mol. The first-order chi connectivity index (χ1) is 11.0. The lowest BCUT2D eigenvalue weighted by Crippen LogP contribution is -2.47. The van der Waals surface area contributed by atoms with E-state index in [0.29, 0.717) is 12.0 Å². The zero-order valence-corrected chi connectivity index (χ0v) is 12.6. The standard InChI is InChI=1S/C17H20N2O4/c18-8-10-1-3-12(4-2-10)17(5-6-17)16(23)19-13-7-11(9-20)14(21)15(13)22/h1-4,11,13-15,20-22H,5-7,9H2,(H,19,23)/t11-,13-,14-,15+/m0/s1. The Hall–Kier alpha value is -1.94. The second-order valence-electron chi connectivity index (χ2n) is 6.51. The minimum Gasteiger partial charge on any atom is -0.396 e. The van der Waals surface area contributed by atoms with Crippen LogP contribution < -0.4 is 5.32 Å². The lowest BCUT2D eigenvalue weighted by Gasteiger charge is -2.22. The Balaban J connectivity index is 1.72. The molecule has 4 atom stereocenters. The van der Waals surface area contributed by atoms with Crippen LogP contribution in [0.1, 0.15) is 30.4 Å². The van der Waals surface area contributed by atoms with Crippen molar-refractivity contribution in [3.8, 4) is 6.07 Å². The van der Waals surface area contributed by atoms with Gasteiger partial charge in [-0.1, -0.05) is 12.1 Å². The number of amides is 1. The SMILES string of the molecule is N#Cc1ccc(C2(C(=O)N[C@H]3C[C@@H](CO)[C@H](O)[C@@H]3O)CC2)cc1. The number of aliphatic hydroxyl groups excluding tert-OH is 3. The molecule has 0 radical (unpaired) electrons. The molecule has 1 amide bonds. The van der Waals surface area contributed by atoms with Crippen LogP contribution >= 0.6 is 0 Å². The van der Waals surface area contributed by atoms with E-state index in [9.17, 15) is 20.1 Å². The van der Waals surface area contributed by atoms with Crippen molar-refractivity contribution in [3.63, 3.8) is 0 Å². The van der Waals surface area contributed by atoms with E-state index in [1.54, 1.807) is 24.3 Å². The van der Waals surface area contributed by atoms with E-state index in [0.717, 1.165) is 18.4 Å². The van der Waals surface area contributed by atoms with Gasteiger partial charge in [-0.05, 0) is 37.0 Å². The summed E-state index contributed by atoms with van der Waals surface area (Å²) in [5, 5.41) is 40.7. The Labute approximate surface area is 134 Å². The number of nitrogens with one attached hydrogen (secondary N) is 1. The van der Waals surface area contributed by atoms with E-state index in [4.69, 9.17) is 5.26 Å². The van der Waals surface area contributed by atoms with E-state index in [-0.39, 0.29) is 12.5 Å². The average molecular weight is 316 g/mol. The predicted octanol–water partition coefficient (Wildman–Crippen LogP) is -0.191. The molecule has 6 heteroatoms. The Morgan fingerprint density at radius 3 is 2.39 bits per heavy atom. The number of nitrogens with zero attached hydrogens (tertiary/aromatic N) is 1. The fourth-order valence-corrected chi connectivity index (χ4v) is 3.39. The van der Waals surface area contributed by atoms with E-state index < -0.39 is 29.6 Å². The Morgan fingerprint density at radius 2 is 1.91 bits per heavy atom. The summed E-state index contributed by atoms with van der Waals surface area (Å²) in [6.45, 7) is -0.217. The van der Waals surface area contributed by atoms with Gasteiger partial charge in [0.15, 0.2) is 0 Å². The Bertz CT molecular complexity index is 633. The zero-order valence-electron chi connectivity index (χ0n) is 12.6. The highest BCUT2D eigenvalue weighted by atomic mass is 16.3. The molecule has 122 valence electrons. The quantitative estimate of drug-likeness (QED) is 0.615. The second kappa shape index (κ2) is 5.93. The molecule has 2 aliphatic carbocycles. The maximum absolute atomic E-state index is 12.7. The first-order valence-electron chi connectivity index (χ1n) is 7.80. The summed E-state index contributed by atoms with van der Waals surface area (Å²) in [5.41, 5.74) is 0.807. The van der Waals surface area contributed by atoms with Crippen molar-refractivity contribution in [2.75, 3.05) is 6.61 Å². The molecule has 2 fully saturated rings. The van der Waals surface area contributed by atoms with Gasteiger partial charge in [-0.2, -0.15) is 5.26 Å². The van der Waals surface area contributed by atoms with Crippen LogP contribution in [-0.2, 0) is 10.2 Å². The Kier molecular flexibility index (Phi) is 4.11. The normalized spacial score (nSPS) is 31.4. The molecular weight excluding hydrogens is 296 g/mol. The molecule has 6 nitrogen and oxygen atoms in total. The van der Waals surface area contributed by atoms with Crippen LogP contribution in [0, 0.1) is 17.2 Å². The number of nitriles is 1. The van der Waals surface area contributed by atoms with Crippen molar-refractivity contribution in [1.29, 1.82) is 5.26 Å². The summed E-state index contributed by atoms with van der Waals surface area (Å²) in [6, 6.07) is 8.47. The van der Waals surface area contributed by atoms with Crippen LogP contribution in [0.2, 0.25) is 0 Å². The minimum absolute atomic E-state index is 0.169. The molecule has 3 rings (SSSR count). The summed E-state index contributed by atoms with van der Waals surface area (Å²) in [5.74, 6) is -0.586. The fourth-order valence-electron chi connectivity index (χ4n) is 3.39. The van der Waals surface area contributed by atoms with Gasteiger partial charge in [0.2, 0.25) is 5.91 Å². The minimum atomic E-state index is -1.06. The number of hydrogen-bond acceptors (Lipinski definition) is 5. The molecular formula is C17H20N2O4. The lowest BCUT2D eigenvalue weighted by molar-refractivity contribution is -0.125. The summed E-state index contributed by atoms with van der Waals surface area (Å²) < 4.78 is 0. The molecule has 0 saturated heterocycles. The topological polar surface area (TPSA) is 114 Å². The molecule has 0 unspecified atom stereocenters. The van der Waals surface area contributed by atoms with E-state index in [1.807, 2.05) is 0 Å². The van der Waals surface area contributed by atoms with Crippen LogP contribution in [0.25, 0.3) is 0 Å². The van der Waals surface area contributed by atoms with Gasteiger partial charge < -0.3 is 20.6 Å². The van der Waals surface area contributed by atoms with Crippen molar-refractivity contribution in [2.24, 2.45) is 5.92 Å². The highest BCUT2D eigenvalue weighted by Gasteiger charge is 2.53. The first-order valence-corrected chi connectivity index (χ1v) is 7.80. The molecule has 1 aromatic carbocycles. The number of carbonyl (C=O) groups is 1. The first kappa shape index (κ1) is 15.9. The van der Waals surface area contributed by atoms with Gasteiger partial charge >= 0.3 is 0 Å². The third-order valence-electron chi connectivity index (χ3n) is 5.10. The maximum Gasteiger partial charge on any atom is 0.230 e. The number of aliphatic hydroxyl groups is 3. The summed E-state index contributed by atoms with van der Waals surface area (Å²) in [6.07, 6.45) is -0.282. The monoisotopic (exact) mass is 316 g/mol. The third kappa shape index (κ3) is 2.72. The number of benzene rings is 1. The average Bonchev–Trinajstić information content (AvgIpc) is 3.34. The lowest BCUT2D eigenvalue weighted by atomic mass is 9.93. The Morgan fingerprint density at radius 1 is 1.26 bits per heavy atom. The second-order valence-corrected chi connectivity index (χ2v) is 6.51. The molecule has 0 aromatic heterocycles. The van der Waals surface area contributed by atoms with Crippen LogP contribution in [0.3, 0.4) is 0 Å². The van der Waals surface area contributed by atoms with Crippen molar-refractivity contribution in [1.82, 2.24) is 5.32 Å². The molecule has 23 heavy (non-hydrogen) atoms. The van der Waals surface area contributed by atoms with Crippen molar-refractivity contribution in [2.45, 2.75) is 42.9 Å². The molecule has 4 N–H and O–H groups in total. The number of hydrogen-bond donors (Lipinski definition) is 4. The van der Waals surface area contributed by atoms with Gasteiger partial charge in [0.25, 0.3) is 0 Å². The van der Waals surface area contributed by atoms with Crippen LogP contribution in [0.15, 0.2) is 24.3 Å². The van der Waals surface area contributed by atoms with Gasteiger partial charge in [0, 0.05) is 12.5 Å². The van der Waals surface area contributed by atoms with E-state index in [2.05, 4.69) is 11.4 Å². The highest BCUT2D eigenvalue weighted by Crippen LogP contribution is 2.48.